The molecule has 6 heteroatoms. The van der Waals surface area contributed by atoms with E-state index in [-0.39, 0.29) is 6.54 Å². The van der Waals surface area contributed by atoms with Crippen LogP contribution in [0.15, 0.2) is 70.3 Å². The first-order chi connectivity index (χ1) is 12.0. The monoisotopic (exact) mass is 373 g/mol. The van der Waals surface area contributed by atoms with Crippen LogP contribution in [0.3, 0.4) is 0 Å². The van der Waals surface area contributed by atoms with Gasteiger partial charge in [-0.3, -0.25) is 4.31 Å². The number of hydrogen-bond donors (Lipinski definition) is 0. The molecule has 130 valence electrons. The van der Waals surface area contributed by atoms with E-state index in [1.165, 1.54) is 15.6 Å². The first-order valence-corrected chi connectivity index (χ1v) is 10.1. The van der Waals surface area contributed by atoms with Gasteiger partial charge in [-0.15, -0.1) is 11.3 Å². The number of aryl methyl sites for hydroxylation is 1. The van der Waals surface area contributed by atoms with Gasteiger partial charge < -0.3 is 4.74 Å². The van der Waals surface area contributed by atoms with Crippen molar-refractivity contribution in [2.45, 2.75) is 17.7 Å². The average molecular weight is 373 g/mol. The van der Waals surface area contributed by atoms with Gasteiger partial charge in [-0.25, -0.2) is 8.42 Å². The van der Waals surface area contributed by atoms with Gasteiger partial charge in [0.2, 0.25) is 0 Å². The molecule has 0 unspecified atom stereocenters. The van der Waals surface area contributed by atoms with Crippen molar-refractivity contribution in [3.63, 3.8) is 0 Å². The SMILES string of the molecule is COc1ccccc1N(Cc1cccc(C)c1)S(=O)(=O)c1cccs1. The van der Waals surface area contributed by atoms with E-state index in [9.17, 15) is 8.42 Å². The fraction of sp³-hybridized carbons (Fsp3) is 0.158. The molecule has 0 bridgehead atoms. The third kappa shape index (κ3) is 3.70. The van der Waals surface area contributed by atoms with Crippen LogP contribution in [0.2, 0.25) is 0 Å². The molecule has 3 rings (SSSR count). The maximum Gasteiger partial charge on any atom is 0.274 e. The molecule has 0 saturated carbocycles. The molecule has 0 aliphatic carbocycles. The zero-order valence-electron chi connectivity index (χ0n) is 14.0. The lowest BCUT2D eigenvalue weighted by Gasteiger charge is -2.25. The Bertz CT molecular complexity index is 950. The summed E-state index contributed by atoms with van der Waals surface area (Å²) in [5, 5.41) is 1.76. The van der Waals surface area contributed by atoms with Crippen LogP contribution in [0.5, 0.6) is 5.75 Å². The minimum Gasteiger partial charge on any atom is -0.495 e. The van der Waals surface area contributed by atoms with E-state index in [4.69, 9.17) is 4.74 Å². The first-order valence-electron chi connectivity index (χ1n) is 7.77. The van der Waals surface area contributed by atoms with Gasteiger partial charge in [-0.1, -0.05) is 48.0 Å². The molecule has 0 saturated heterocycles. The molecule has 0 spiro atoms. The normalized spacial score (nSPS) is 11.3. The number of methoxy groups -OCH3 is 1. The summed E-state index contributed by atoms with van der Waals surface area (Å²) >= 11 is 1.21. The fourth-order valence-electron chi connectivity index (χ4n) is 2.63. The quantitative estimate of drug-likeness (QED) is 0.641. The highest BCUT2D eigenvalue weighted by atomic mass is 32.2. The Kier molecular flexibility index (Phi) is 5.11. The summed E-state index contributed by atoms with van der Waals surface area (Å²) in [6.45, 7) is 2.23. The van der Waals surface area contributed by atoms with Gasteiger partial charge in [0.05, 0.1) is 19.3 Å². The Morgan fingerprint density at radius 3 is 2.52 bits per heavy atom. The molecule has 0 fully saturated rings. The van der Waals surface area contributed by atoms with Gasteiger partial charge in [0.15, 0.2) is 0 Å². The van der Waals surface area contributed by atoms with Crippen molar-refractivity contribution >= 4 is 27.0 Å². The molecule has 0 radical (unpaired) electrons. The third-order valence-electron chi connectivity index (χ3n) is 3.80. The van der Waals surface area contributed by atoms with Crippen LogP contribution >= 0.6 is 11.3 Å². The number of ether oxygens (including phenoxy) is 1. The van der Waals surface area contributed by atoms with Crippen LogP contribution in [0.4, 0.5) is 5.69 Å². The number of nitrogens with zero attached hydrogens (tertiary/aromatic N) is 1. The van der Waals surface area contributed by atoms with Crippen molar-refractivity contribution in [1.29, 1.82) is 0 Å². The Morgan fingerprint density at radius 2 is 1.84 bits per heavy atom. The number of sulfonamides is 1. The minimum atomic E-state index is -3.68. The number of anilines is 1. The summed E-state index contributed by atoms with van der Waals surface area (Å²) in [5.74, 6) is 0.523. The van der Waals surface area contributed by atoms with Crippen molar-refractivity contribution < 1.29 is 13.2 Å². The van der Waals surface area contributed by atoms with E-state index in [1.807, 2.05) is 43.3 Å². The number of rotatable bonds is 6. The number of hydrogen-bond acceptors (Lipinski definition) is 4. The molecular weight excluding hydrogens is 354 g/mol. The lowest BCUT2D eigenvalue weighted by Crippen LogP contribution is -2.30. The second-order valence-electron chi connectivity index (χ2n) is 5.60. The largest absolute Gasteiger partial charge is 0.495 e. The Morgan fingerprint density at radius 1 is 1.04 bits per heavy atom. The number of para-hydroxylation sites is 2. The smallest absolute Gasteiger partial charge is 0.274 e. The molecule has 4 nitrogen and oxygen atoms in total. The van der Waals surface area contributed by atoms with E-state index < -0.39 is 10.0 Å². The molecule has 2 aromatic carbocycles. The standard InChI is InChI=1S/C19H19NO3S2/c1-15-7-5-8-16(13-15)14-20(17-9-3-4-10-18(17)23-2)25(21,22)19-11-6-12-24-19/h3-13H,14H2,1-2H3. The van der Waals surface area contributed by atoms with Gasteiger partial charge in [-0.05, 0) is 36.1 Å². The van der Waals surface area contributed by atoms with E-state index >= 15 is 0 Å². The van der Waals surface area contributed by atoms with Crippen molar-refractivity contribution in [2.75, 3.05) is 11.4 Å². The van der Waals surface area contributed by atoms with Gasteiger partial charge >= 0.3 is 0 Å². The zero-order valence-corrected chi connectivity index (χ0v) is 15.7. The summed E-state index contributed by atoms with van der Waals surface area (Å²) in [4.78, 5) is 0. The highest BCUT2D eigenvalue weighted by molar-refractivity contribution is 7.94. The van der Waals surface area contributed by atoms with Crippen molar-refractivity contribution in [2.24, 2.45) is 0 Å². The van der Waals surface area contributed by atoms with Crippen molar-refractivity contribution in [3.05, 3.63) is 77.2 Å². The molecule has 0 atom stereocenters. The maximum atomic E-state index is 13.2. The summed E-state index contributed by atoms with van der Waals surface area (Å²) in [6, 6.07) is 18.4. The average Bonchev–Trinajstić information content (AvgIpc) is 3.15. The summed E-state index contributed by atoms with van der Waals surface area (Å²) in [6.07, 6.45) is 0. The van der Waals surface area contributed by atoms with Gasteiger partial charge in [0.1, 0.15) is 9.96 Å². The van der Waals surface area contributed by atoms with Crippen molar-refractivity contribution in [1.82, 2.24) is 0 Å². The summed E-state index contributed by atoms with van der Waals surface area (Å²) in [7, 11) is -2.14. The van der Waals surface area contributed by atoms with E-state index in [2.05, 4.69) is 0 Å². The highest BCUT2D eigenvalue weighted by Gasteiger charge is 2.28. The molecule has 1 aromatic heterocycles. The van der Waals surface area contributed by atoms with Crippen LogP contribution in [-0.4, -0.2) is 15.5 Å². The molecule has 3 aromatic rings. The Labute approximate surface area is 152 Å². The van der Waals surface area contributed by atoms with E-state index in [1.54, 1.807) is 36.8 Å². The van der Waals surface area contributed by atoms with Crippen LogP contribution in [0, 0.1) is 6.92 Å². The molecule has 0 aliphatic heterocycles. The molecule has 1 heterocycles. The fourth-order valence-corrected chi connectivity index (χ4v) is 5.20. The van der Waals surface area contributed by atoms with E-state index in [0.29, 0.717) is 15.6 Å². The van der Waals surface area contributed by atoms with Gasteiger partial charge in [0.25, 0.3) is 10.0 Å². The molecule has 0 aliphatic rings. The van der Waals surface area contributed by atoms with Crippen molar-refractivity contribution in [3.8, 4) is 5.75 Å². The van der Waals surface area contributed by atoms with Crippen LogP contribution in [0.25, 0.3) is 0 Å². The van der Waals surface area contributed by atoms with Crippen LogP contribution in [0.1, 0.15) is 11.1 Å². The molecular formula is C19H19NO3S2. The minimum absolute atomic E-state index is 0.238. The lowest BCUT2D eigenvalue weighted by atomic mass is 10.1. The lowest BCUT2D eigenvalue weighted by molar-refractivity contribution is 0.415. The predicted molar refractivity (Wildman–Crippen MR) is 102 cm³/mol. The molecule has 0 amide bonds. The van der Waals surface area contributed by atoms with Crippen LogP contribution < -0.4 is 9.04 Å². The molecule has 0 N–H and O–H groups in total. The number of benzene rings is 2. The van der Waals surface area contributed by atoms with Gasteiger partial charge in [0, 0.05) is 0 Å². The predicted octanol–water partition coefficient (Wildman–Crippen LogP) is 4.46. The maximum absolute atomic E-state index is 13.2. The second-order valence-corrected chi connectivity index (χ2v) is 8.64. The Hall–Kier alpha value is -2.31. The second kappa shape index (κ2) is 7.29. The summed E-state index contributed by atoms with van der Waals surface area (Å²) in [5.41, 5.74) is 2.54. The highest BCUT2D eigenvalue weighted by Crippen LogP contribution is 2.34. The number of thiophene rings is 1. The van der Waals surface area contributed by atoms with Gasteiger partial charge in [-0.2, -0.15) is 0 Å². The third-order valence-corrected chi connectivity index (χ3v) is 6.93. The summed E-state index contributed by atoms with van der Waals surface area (Å²) < 4.78 is 33.6. The van der Waals surface area contributed by atoms with Crippen LogP contribution in [-0.2, 0) is 16.6 Å². The van der Waals surface area contributed by atoms with E-state index in [0.717, 1.165) is 11.1 Å². The topological polar surface area (TPSA) is 46.6 Å². The Balaban J connectivity index is 2.11. The zero-order chi connectivity index (χ0) is 17.9. The first kappa shape index (κ1) is 17.5. The molecule has 25 heavy (non-hydrogen) atoms.